The molecule has 1 aromatic carbocycles. The van der Waals surface area contributed by atoms with Crippen molar-refractivity contribution < 1.29 is 8.42 Å². The normalized spacial score (nSPS) is 11.3. The monoisotopic (exact) mass is 306 g/mol. The number of hydrogen-bond acceptors (Lipinski definition) is 3. The fraction of sp³-hybridized carbons (Fsp3) is 0.267. The van der Waals surface area contributed by atoms with Gasteiger partial charge in [-0.15, -0.1) is 0 Å². The number of nitrogens with one attached hydrogen (secondary N) is 1. The first-order valence-electron chi connectivity index (χ1n) is 6.71. The van der Waals surface area contributed by atoms with Gasteiger partial charge in [0.15, 0.2) is 0 Å². The molecule has 112 valence electrons. The van der Waals surface area contributed by atoms with E-state index in [2.05, 4.69) is 11.6 Å². The van der Waals surface area contributed by atoms with Crippen molar-refractivity contribution in [3.8, 4) is 0 Å². The molecule has 2 rings (SSSR count). The van der Waals surface area contributed by atoms with Crippen LogP contribution in [-0.2, 0) is 23.5 Å². The molecule has 0 radical (unpaired) electrons. The lowest BCUT2D eigenvalue weighted by Crippen LogP contribution is -2.18. The molecule has 1 N–H and O–H groups in total. The van der Waals surface area contributed by atoms with Crippen LogP contribution in [-0.4, -0.2) is 13.0 Å². The Morgan fingerprint density at radius 1 is 1.10 bits per heavy atom. The van der Waals surface area contributed by atoms with Gasteiger partial charge in [0.25, 0.3) is 10.0 Å². The average Bonchev–Trinajstić information content (AvgIpc) is 2.44. The molecule has 0 spiro atoms. The molecule has 2 aromatic rings. The van der Waals surface area contributed by atoms with Gasteiger partial charge in [-0.2, -0.15) is 0 Å². The summed E-state index contributed by atoms with van der Waals surface area (Å²) in [5, 5.41) is 0. The van der Waals surface area contributed by atoms with Crippen LogP contribution in [0.15, 0.2) is 52.3 Å². The highest BCUT2D eigenvalue weighted by molar-refractivity contribution is 7.92. The van der Waals surface area contributed by atoms with Crippen molar-refractivity contribution in [2.24, 2.45) is 7.05 Å². The first-order chi connectivity index (χ1) is 9.92. The van der Waals surface area contributed by atoms with Gasteiger partial charge in [0, 0.05) is 19.3 Å². The van der Waals surface area contributed by atoms with E-state index in [9.17, 15) is 13.2 Å². The summed E-state index contributed by atoms with van der Waals surface area (Å²) in [6.07, 6.45) is 3.39. The second-order valence-electron chi connectivity index (χ2n) is 4.87. The van der Waals surface area contributed by atoms with Crippen molar-refractivity contribution in [1.82, 2.24) is 4.57 Å². The Bertz CT molecular complexity index is 777. The summed E-state index contributed by atoms with van der Waals surface area (Å²) in [4.78, 5) is 11.5. The molecule has 0 fully saturated rings. The van der Waals surface area contributed by atoms with E-state index in [0.29, 0.717) is 5.69 Å². The number of aryl methyl sites for hydroxylation is 2. The van der Waals surface area contributed by atoms with E-state index in [0.717, 1.165) is 18.4 Å². The topological polar surface area (TPSA) is 68.2 Å². The van der Waals surface area contributed by atoms with Gasteiger partial charge < -0.3 is 4.57 Å². The summed E-state index contributed by atoms with van der Waals surface area (Å²) in [5.74, 6) is 0. The van der Waals surface area contributed by atoms with Gasteiger partial charge in [-0.3, -0.25) is 9.52 Å². The Kier molecular flexibility index (Phi) is 4.47. The maximum absolute atomic E-state index is 12.3. The Morgan fingerprint density at radius 2 is 1.76 bits per heavy atom. The first-order valence-corrected chi connectivity index (χ1v) is 8.19. The van der Waals surface area contributed by atoms with Crippen molar-refractivity contribution in [2.75, 3.05) is 4.72 Å². The molecule has 0 bridgehead atoms. The molecule has 21 heavy (non-hydrogen) atoms. The van der Waals surface area contributed by atoms with Crippen molar-refractivity contribution >= 4 is 15.7 Å². The predicted molar refractivity (Wildman–Crippen MR) is 82.9 cm³/mol. The van der Waals surface area contributed by atoms with Crippen LogP contribution in [0.1, 0.15) is 18.9 Å². The van der Waals surface area contributed by atoms with Gasteiger partial charge in [-0.05, 0) is 30.2 Å². The van der Waals surface area contributed by atoms with E-state index in [1.54, 1.807) is 19.2 Å². The lowest BCUT2D eigenvalue weighted by atomic mass is 10.1. The minimum absolute atomic E-state index is 0.193. The standard InChI is InChI=1S/C15H18N2O3S/c1-3-4-12-5-8-14(9-6-12)21(19,20)16-13-7-10-15(18)17(2)11-13/h5-11,16H,3-4H2,1-2H3. The molecule has 0 saturated heterocycles. The Balaban J connectivity index is 2.25. The minimum Gasteiger partial charge on any atom is -0.316 e. The number of aromatic nitrogens is 1. The molecule has 0 aliphatic heterocycles. The third-order valence-corrected chi connectivity index (χ3v) is 4.51. The zero-order chi connectivity index (χ0) is 15.5. The van der Waals surface area contributed by atoms with Crippen LogP contribution < -0.4 is 10.3 Å². The van der Waals surface area contributed by atoms with Crippen LogP contribution in [0.3, 0.4) is 0 Å². The third-order valence-electron chi connectivity index (χ3n) is 3.11. The van der Waals surface area contributed by atoms with Crippen LogP contribution in [0.5, 0.6) is 0 Å². The lowest BCUT2D eigenvalue weighted by molar-refractivity contribution is 0.601. The minimum atomic E-state index is -3.64. The quantitative estimate of drug-likeness (QED) is 0.920. The smallest absolute Gasteiger partial charge is 0.261 e. The van der Waals surface area contributed by atoms with Crippen LogP contribution >= 0.6 is 0 Å². The molecule has 1 aromatic heterocycles. The second kappa shape index (κ2) is 6.13. The second-order valence-corrected chi connectivity index (χ2v) is 6.55. The zero-order valence-electron chi connectivity index (χ0n) is 12.0. The summed E-state index contributed by atoms with van der Waals surface area (Å²) in [6.45, 7) is 2.08. The summed E-state index contributed by atoms with van der Waals surface area (Å²) in [5.41, 5.74) is 1.27. The fourth-order valence-electron chi connectivity index (χ4n) is 1.99. The van der Waals surface area contributed by atoms with E-state index < -0.39 is 10.0 Å². The molecule has 6 heteroatoms. The summed E-state index contributed by atoms with van der Waals surface area (Å²) >= 11 is 0. The van der Waals surface area contributed by atoms with E-state index in [1.165, 1.54) is 22.9 Å². The molecule has 0 atom stereocenters. The molecule has 0 unspecified atom stereocenters. The van der Waals surface area contributed by atoms with Crippen LogP contribution in [0.25, 0.3) is 0 Å². The molecule has 1 heterocycles. The Labute approximate surface area is 124 Å². The fourth-order valence-corrected chi connectivity index (χ4v) is 3.04. The van der Waals surface area contributed by atoms with E-state index in [-0.39, 0.29) is 10.5 Å². The number of pyridine rings is 1. The molecular weight excluding hydrogens is 288 g/mol. The van der Waals surface area contributed by atoms with Gasteiger partial charge in [-0.1, -0.05) is 25.5 Å². The number of nitrogens with zero attached hydrogens (tertiary/aromatic N) is 1. The maximum atomic E-state index is 12.3. The SMILES string of the molecule is CCCc1ccc(S(=O)(=O)Nc2ccc(=O)n(C)c2)cc1. The van der Waals surface area contributed by atoms with Crippen molar-refractivity contribution in [3.05, 3.63) is 58.5 Å². The molecule has 0 amide bonds. The highest BCUT2D eigenvalue weighted by atomic mass is 32.2. The van der Waals surface area contributed by atoms with Gasteiger partial charge in [-0.25, -0.2) is 8.42 Å². The average molecular weight is 306 g/mol. The molecular formula is C15H18N2O3S. The number of benzene rings is 1. The largest absolute Gasteiger partial charge is 0.316 e. The predicted octanol–water partition coefficient (Wildman–Crippen LogP) is 2.14. The van der Waals surface area contributed by atoms with Crippen LogP contribution in [0.2, 0.25) is 0 Å². The zero-order valence-corrected chi connectivity index (χ0v) is 12.9. The molecule has 5 nitrogen and oxygen atoms in total. The van der Waals surface area contributed by atoms with E-state index in [1.807, 2.05) is 12.1 Å². The number of anilines is 1. The number of sulfonamides is 1. The molecule has 0 saturated carbocycles. The van der Waals surface area contributed by atoms with Crippen molar-refractivity contribution in [2.45, 2.75) is 24.7 Å². The van der Waals surface area contributed by atoms with Crippen molar-refractivity contribution in [3.63, 3.8) is 0 Å². The number of hydrogen-bond donors (Lipinski definition) is 1. The van der Waals surface area contributed by atoms with Crippen molar-refractivity contribution in [1.29, 1.82) is 0 Å². The lowest BCUT2D eigenvalue weighted by Gasteiger charge is -2.09. The Morgan fingerprint density at radius 3 is 2.33 bits per heavy atom. The highest BCUT2D eigenvalue weighted by Gasteiger charge is 2.14. The summed E-state index contributed by atoms with van der Waals surface area (Å²) < 4.78 is 28.3. The van der Waals surface area contributed by atoms with E-state index in [4.69, 9.17) is 0 Å². The summed E-state index contributed by atoms with van der Waals surface area (Å²) in [7, 11) is -2.07. The first kappa shape index (κ1) is 15.3. The van der Waals surface area contributed by atoms with Gasteiger partial charge in [0.2, 0.25) is 5.56 Å². The van der Waals surface area contributed by atoms with Crippen LogP contribution in [0, 0.1) is 0 Å². The Hall–Kier alpha value is -2.08. The van der Waals surface area contributed by atoms with Gasteiger partial charge >= 0.3 is 0 Å². The van der Waals surface area contributed by atoms with Gasteiger partial charge in [0.05, 0.1) is 10.6 Å². The highest BCUT2D eigenvalue weighted by Crippen LogP contribution is 2.16. The molecule has 0 aliphatic carbocycles. The summed E-state index contributed by atoms with van der Waals surface area (Å²) in [6, 6.07) is 9.59. The molecule has 0 aliphatic rings. The van der Waals surface area contributed by atoms with E-state index >= 15 is 0 Å². The number of rotatable bonds is 5. The third kappa shape index (κ3) is 3.72. The van der Waals surface area contributed by atoms with Crippen LogP contribution in [0.4, 0.5) is 5.69 Å². The maximum Gasteiger partial charge on any atom is 0.261 e. The van der Waals surface area contributed by atoms with Gasteiger partial charge in [0.1, 0.15) is 0 Å².